The number of aliphatic carboxylic acids is 1. The van der Waals surface area contributed by atoms with Gasteiger partial charge in [0.25, 0.3) is 0 Å². The van der Waals surface area contributed by atoms with E-state index in [0.29, 0.717) is 13.0 Å². The second kappa shape index (κ2) is 4.63. The van der Waals surface area contributed by atoms with Gasteiger partial charge in [0.1, 0.15) is 5.60 Å². The van der Waals surface area contributed by atoms with Gasteiger partial charge in [-0.2, -0.15) is 0 Å². The molecule has 3 rings (SSSR count). The van der Waals surface area contributed by atoms with E-state index in [-0.39, 0.29) is 6.42 Å². The summed E-state index contributed by atoms with van der Waals surface area (Å²) >= 11 is 0. The zero-order valence-corrected chi connectivity index (χ0v) is 11.8. The van der Waals surface area contributed by atoms with Crippen LogP contribution in [0.15, 0.2) is 24.3 Å². The molecule has 0 saturated carbocycles. The molecule has 1 aliphatic heterocycles. The monoisotopic (exact) mass is 273 g/mol. The van der Waals surface area contributed by atoms with E-state index in [2.05, 4.69) is 23.6 Å². The van der Waals surface area contributed by atoms with Crippen molar-refractivity contribution < 1.29 is 14.6 Å². The van der Waals surface area contributed by atoms with Crippen molar-refractivity contribution in [3.05, 3.63) is 35.5 Å². The quantitative estimate of drug-likeness (QED) is 0.935. The standard InChI is InChI=1S/C16H19NO3/c1-11-12-5-3-4-6-13(12)17-9-10-20-16(2,15(11)17)8-7-14(18)19/h3-6H,7-10H2,1-2H3,(H,18,19). The lowest BCUT2D eigenvalue weighted by atomic mass is 9.91. The van der Waals surface area contributed by atoms with E-state index < -0.39 is 11.6 Å². The van der Waals surface area contributed by atoms with Crippen molar-refractivity contribution in [2.75, 3.05) is 6.61 Å². The van der Waals surface area contributed by atoms with Crippen LogP contribution in [-0.4, -0.2) is 22.2 Å². The van der Waals surface area contributed by atoms with Gasteiger partial charge in [-0.25, -0.2) is 0 Å². The number of ether oxygens (including phenoxy) is 1. The molecule has 4 nitrogen and oxygen atoms in total. The summed E-state index contributed by atoms with van der Waals surface area (Å²) in [6.07, 6.45) is 0.622. The molecule has 1 N–H and O–H groups in total. The van der Waals surface area contributed by atoms with Crippen molar-refractivity contribution in [1.82, 2.24) is 4.57 Å². The summed E-state index contributed by atoms with van der Waals surface area (Å²) in [6.45, 7) is 5.56. The van der Waals surface area contributed by atoms with E-state index in [1.807, 2.05) is 19.1 Å². The fraction of sp³-hybridized carbons (Fsp3) is 0.438. The fourth-order valence-electron chi connectivity index (χ4n) is 3.36. The summed E-state index contributed by atoms with van der Waals surface area (Å²) in [6, 6.07) is 8.32. The number of carboxylic acids is 1. The van der Waals surface area contributed by atoms with Crippen LogP contribution in [0, 0.1) is 6.92 Å². The average molecular weight is 273 g/mol. The molecule has 1 aromatic heterocycles. The van der Waals surface area contributed by atoms with Gasteiger partial charge in [0.05, 0.1) is 12.3 Å². The number of aromatic nitrogens is 1. The van der Waals surface area contributed by atoms with Crippen molar-refractivity contribution in [2.45, 2.75) is 38.8 Å². The van der Waals surface area contributed by atoms with Crippen LogP contribution >= 0.6 is 0 Å². The van der Waals surface area contributed by atoms with Crippen LogP contribution in [-0.2, 0) is 21.7 Å². The summed E-state index contributed by atoms with van der Waals surface area (Å²) in [5.41, 5.74) is 3.03. The molecule has 1 unspecified atom stereocenters. The minimum atomic E-state index is -0.777. The summed E-state index contributed by atoms with van der Waals surface area (Å²) in [4.78, 5) is 10.9. The number of carboxylic acid groups (broad SMARTS) is 1. The Bertz CT molecular complexity index is 674. The topological polar surface area (TPSA) is 51.5 Å². The number of fused-ring (bicyclic) bond motifs is 3. The predicted molar refractivity (Wildman–Crippen MR) is 76.8 cm³/mol. The van der Waals surface area contributed by atoms with Crippen LogP contribution in [0.4, 0.5) is 0 Å². The molecule has 0 saturated heterocycles. The molecule has 0 fully saturated rings. The summed E-state index contributed by atoms with van der Waals surface area (Å²) in [5.74, 6) is -0.777. The molecule has 1 atom stereocenters. The van der Waals surface area contributed by atoms with Crippen LogP contribution in [0.1, 0.15) is 31.0 Å². The number of hydrogen-bond acceptors (Lipinski definition) is 2. The van der Waals surface area contributed by atoms with E-state index in [1.165, 1.54) is 16.5 Å². The molecule has 1 aliphatic rings. The molecule has 0 radical (unpaired) electrons. The minimum absolute atomic E-state index is 0.122. The first kappa shape index (κ1) is 13.2. The lowest BCUT2D eigenvalue weighted by molar-refractivity contribution is -0.140. The maximum absolute atomic E-state index is 10.9. The number of rotatable bonds is 3. The molecule has 2 heterocycles. The highest BCUT2D eigenvalue weighted by atomic mass is 16.5. The van der Waals surface area contributed by atoms with Crippen molar-refractivity contribution in [2.24, 2.45) is 0 Å². The zero-order chi connectivity index (χ0) is 14.3. The Morgan fingerprint density at radius 3 is 2.95 bits per heavy atom. The molecule has 20 heavy (non-hydrogen) atoms. The SMILES string of the molecule is Cc1c2n(c3ccccc13)CCOC2(C)CCC(=O)O. The van der Waals surface area contributed by atoms with Gasteiger partial charge in [0.15, 0.2) is 0 Å². The second-order valence-electron chi connectivity index (χ2n) is 5.62. The smallest absolute Gasteiger partial charge is 0.303 e. The molecular formula is C16H19NO3. The van der Waals surface area contributed by atoms with E-state index in [4.69, 9.17) is 9.84 Å². The van der Waals surface area contributed by atoms with E-state index in [9.17, 15) is 4.79 Å². The highest BCUT2D eigenvalue weighted by Gasteiger charge is 2.37. The van der Waals surface area contributed by atoms with Gasteiger partial charge in [-0.15, -0.1) is 0 Å². The number of aryl methyl sites for hydroxylation is 1. The van der Waals surface area contributed by atoms with Gasteiger partial charge in [-0.1, -0.05) is 18.2 Å². The van der Waals surface area contributed by atoms with Gasteiger partial charge < -0.3 is 14.4 Å². The Balaban J connectivity index is 2.15. The van der Waals surface area contributed by atoms with Gasteiger partial charge in [-0.05, 0) is 31.9 Å². The first-order chi connectivity index (χ1) is 9.53. The van der Waals surface area contributed by atoms with Crippen molar-refractivity contribution in [3.8, 4) is 0 Å². The van der Waals surface area contributed by atoms with Crippen LogP contribution in [0.2, 0.25) is 0 Å². The Morgan fingerprint density at radius 2 is 2.20 bits per heavy atom. The number of nitrogens with zero attached hydrogens (tertiary/aromatic N) is 1. The average Bonchev–Trinajstić information content (AvgIpc) is 2.73. The van der Waals surface area contributed by atoms with Crippen LogP contribution < -0.4 is 0 Å². The summed E-state index contributed by atoms with van der Waals surface area (Å²) in [5, 5.41) is 10.2. The number of carbonyl (C=O) groups is 1. The van der Waals surface area contributed by atoms with Gasteiger partial charge in [0, 0.05) is 23.9 Å². The normalized spacial score (nSPS) is 21.9. The molecule has 1 aromatic carbocycles. The van der Waals surface area contributed by atoms with Gasteiger partial charge in [0.2, 0.25) is 0 Å². The summed E-state index contributed by atoms with van der Waals surface area (Å²) < 4.78 is 8.26. The van der Waals surface area contributed by atoms with Crippen molar-refractivity contribution in [3.63, 3.8) is 0 Å². The first-order valence-corrected chi connectivity index (χ1v) is 6.97. The maximum atomic E-state index is 10.9. The lowest BCUT2D eigenvalue weighted by Crippen LogP contribution is -2.36. The summed E-state index contributed by atoms with van der Waals surface area (Å²) in [7, 11) is 0. The van der Waals surface area contributed by atoms with Gasteiger partial charge >= 0.3 is 5.97 Å². The third-order valence-corrected chi connectivity index (χ3v) is 4.28. The highest BCUT2D eigenvalue weighted by molar-refractivity contribution is 5.85. The van der Waals surface area contributed by atoms with Crippen molar-refractivity contribution >= 4 is 16.9 Å². The molecule has 0 spiro atoms. The van der Waals surface area contributed by atoms with E-state index in [0.717, 1.165) is 12.2 Å². The Labute approximate surface area is 118 Å². The number of para-hydroxylation sites is 1. The maximum Gasteiger partial charge on any atom is 0.303 e. The lowest BCUT2D eigenvalue weighted by Gasteiger charge is -2.36. The Morgan fingerprint density at radius 1 is 1.45 bits per heavy atom. The Hall–Kier alpha value is -1.81. The highest BCUT2D eigenvalue weighted by Crippen LogP contribution is 2.40. The number of hydrogen-bond donors (Lipinski definition) is 1. The first-order valence-electron chi connectivity index (χ1n) is 6.97. The zero-order valence-electron chi connectivity index (χ0n) is 11.8. The molecule has 4 heteroatoms. The van der Waals surface area contributed by atoms with Crippen LogP contribution in [0.5, 0.6) is 0 Å². The van der Waals surface area contributed by atoms with Crippen LogP contribution in [0.3, 0.4) is 0 Å². The molecule has 0 amide bonds. The van der Waals surface area contributed by atoms with Gasteiger partial charge in [-0.3, -0.25) is 4.79 Å². The predicted octanol–water partition coefficient (Wildman–Crippen LogP) is 3.06. The molecule has 0 aliphatic carbocycles. The van der Waals surface area contributed by atoms with Crippen molar-refractivity contribution in [1.29, 1.82) is 0 Å². The van der Waals surface area contributed by atoms with Crippen LogP contribution in [0.25, 0.3) is 10.9 Å². The molecule has 106 valence electrons. The Kier molecular flexibility index (Phi) is 3.05. The molecule has 2 aromatic rings. The van der Waals surface area contributed by atoms with E-state index in [1.54, 1.807) is 0 Å². The fourth-order valence-corrected chi connectivity index (χ4v) is 3.36. The third-order valence-electron chi connectivity index (χ3n) is 4.28. The largest absolute Gasteiger partial charge is 0.481 e. The molecular weight excluding hydrogens is 254 g/mol. The number of benzene rings is 1. The minimum Gasteiger partial charge on any atom is -0.481 e. The second-order valence-corrected chi connectivity index (χ2v) is 5.62. The molecule has 0 bridgehead atoms. The third kappa shape index (κ3) is 1.91. The van der Waals surface area contributed by atoms with E-state index >= 15 is 0 Å².